The SMILES string of the molecule is CCCCCCCCC[C@]1(C#N)CC[C@H](c2ccc(-c3ccc(OCC[C@H](C)CCCC(C)C)cc3)cc2)CC1. The van der Waals surface area contributed by atoms with Crippen molar-refractivity contribution < 1.29 is 4.74 Å². The zero-order valence-electron chi connectivity index (χ0n) is 26.2. The smallest absolute Gasteiger partial charge is 0.119 e. The van der Waals surface area contributed by atoms with Gasteiger partial charge in [-0.2, -0.15) is 5.26 Å². The standard InChI is InChI=1S/C38H57NO/c1-5-6-7-8-9-10-11-26-38(30-39)27-23-36(24-28-38)34-17-15-33(16-18-34)35-19-21-37(22-20-35)40-29-25-32(4)14-12-13-31(2)3/h15-22,31-32,36H,5-14,23-29H2,1-4H3/t32-,36-,38-/m1/s1. The van der Waals surface area contributed by atoms with E-state index in [9.17, 15) is 5.26 Å². The molecule has 2 aromatic carbocycles. The van der Waals surface area contributed by atoms with Crippen LogP contribution in [0.1, 0.15) is 142 Å². The van der Waals surface area contributed by atoms with Crippen molar-refractivity contribution in [3.05, 3.63) is 54.1 Å². The highest BCUT2D eigenvalue weighted by atomic mass is 16.5. The van der Waals surface area contributed by atoms with Crippen molar-refractivity contribution in [3.8, 4) is 22.9 Å². The first kappa shape index (κ1) is 32.2. The van der Waals surface area contributed by atoms with Crippen LogP contribution in [0, 0.1) is 28.6 Å². The molecule has 3 rings (SSSR count). The van der Waals surface area contributed by atoms with Crippen LogP contribution in [0.3, 0.4) is 0 Å². The second-order valence-electron chi connectivity index (χ2n) is 13.3. The molecule has 40 heavy (non-hydrogen) atoms. The molecule has 1 aliphatic carbocycles. The number of ether oxygens (including phenoxy) is 1. The van der Waals surface area contributed by atoms with E-state index < -0.39 is 0 Å². The fourth-order valence-corrected chi connectivity index (χ4v) is 6.43. The van der Waals surface area contributed by atoms with E-state index in [1.165, 1.54) is 80.9 Å². The van der Waals surface area contributed by atoms with Gasteiger partial charge in [-0.1, -0.05) is 128 Å². The highest BCUT2D eigenvalue weighted by Crippen LogP contribution is 2.46. The second-order valence-corrected chi connectivity index (χ2v) is 13.3. The highest BCUT2D eigenvalue weighted by Gasteiger charge is 2.35. The summed E-state index contributed by atoms with van der Waals surface area (Å²) in [5.74, 6) is 3.09. The molecule has 1 saturated carbocycles. The summed E-state index contributed by atoms with van der Waals surface area (Å²) in [6, 6.07) is 20.5. The quantitative estimate of drug-likeness (QED) is 0.175. The Morgan fingerprint density at radius 1 is 0.775 bits per heavy atom. The monoisotopic (exact) mass is 543 g/mol. The van der Waals surface area contributed by atoms with Gasteiger partial charge < -0.3 is 4.74 Å². The lowest BCUT2D eigenvalue weighted by molar-refractivity contribution is 0.223. The van der Waals surface area contributed by atoms with Crippen LogP contribution in [0.2, 0.25) is 0 Å². The first-order valence-corrected chi connectivity index (χ1v) is 16.7. The molecule has 0 bridgehead atoms. The van der Waals surface area contributed by atoms with Gasteiger partial charge in [-0.25, -0.2) is 0 Å². The summed E-state index contributed by atoms with van der Waals surface area (Å²) in [6.07, 6.45) is 19.8. The summed E-state index contributed by atoms with van der Waals surface area (Å²) < 4.78 is 6.05. The van der Waals surface area contributed by atoms with Crippen molar-refractivity contribution in [3.63, 3.8) is 0 Å². The van der Waals surface area contributed by atoms with E-state index in [0.717, 1.165) is 62.7 Å². The largest absolute Gasteiger partial charge is 0.494 e. The fraction of sp³-hybridized carbons (Fsp3) is 0.658. The minimum Gasteiger partial charge on any atom is -0.494 e. The number of unbranched alkanes of at least 4 members (excludes halogenated alkanes) is 6. The average Bonchev–Trinajstić information content (AvgIpc) is 2.97. The molecule has 1 aliphatic rings. The van der Waals surface area contributed by atoms with Gasteiger partial charge >= 0.3 is 0 Å². The number of hydrogen-bond donors (Lipinski definition) is 0. The van der Waals surface area contributed by atoms with Crippen molar-refractivity contribution in [2.24, 2.45) is 17.3 Å². The normalized spacial score (nSPS) is 19.9. The third kappa shape index (κ3) is 11.0. The first-order valence-electron chi connectivity index (χ1n) is 16.7. The Bertz CT molecular complexity index is 976. The predicted octanol–water partition coefficient (Wildman–Crippen LogP) is 11.9. The van der Waals surface area contributed by atoms with E-state index in [-0.39, 0.29) is 5.41 Å². The lowest BCUT2D eigenvalue weighted by Crippen LogP contribution is -2.25. The number of nitriles is 1. The fourth-order valence-electron chi connectivity index (χ4n) is 6.43. The van der Waals surface area contributed by atoms with Crippen LogP contribution in [0.5, 0.6) is 5.75 Å². The molecule has 220 valence electrons. The molecule has 1 atom stereocenters. The van der Waals surface area contributed by atoms with E-state index in [1.807, 2.05) is 0 Å². The molecule has 2 heteroatoms. The van der Waals surface area contributed by atoms with Crippen LogP contribution in [-0.2, 0) is 0 Å². The lowest BCUT2D eigenvalue weighted by Gasteiger charge is -2.35. The minimum absolute atomic E-state index is 0.0739. The van der Waals surface area contributed by atoms with Crippen molar-refractivity contribution in [1.29, 1.82) is 5.26 Å². The lowest BCUT2D eigenvalue weighted by atomic mass is 9.67. The van der Waals surface area contributed by atoms with Crippen molar-refractivity contribution >= 4 is 0 Å². The molecule has 0 amide bonds. The van der Waals surface area contributed by atoms with Crippen molar-refractivity contribution in [1.82, 2.24) is 0 Å². The molecular formula is C38H57NO. The molecule has 0 N–H and O–H groups in total. The maximum Gasteiger partial charge on any atom is 0.119 e. The summed E-state index contributed by atoms with van der Waals surface area (Å²) >= 11 is 0. The molecular weight excluding hydrogens is 486 g/mol. The third-order valence-corrected chi connectivity index (χ3v) is 9.37. The Balaban J connectivity index is 1.40. The molecule has 1 fully saturated rings. The van der Waals surface area contributed by atoms with E-state index in [4.69, 9.17) is 4.74 Å². The van der Waals surface area contributed by atoms with Gasteiger partial charge in [0.1, 0.15) is 5.75 Å². The molecule has 0 radical (unpaired) electrons. The highest BCUT2D eigenvalue weighted by molar-refractivity contribution is 5.64. The van der Waals surface area contributed by atoms with Crippen LogP contribution in [-0.4, -0.2) is 6.61 Å². The van der Waals surface area contributed by atoms with Crippen molar-refractivity contribution in [2.45, 2.75) is 136 Å². The van der Waals surface area contributed by atoms with Crippen LogP contribution in [0.25, 0.3) is 11.1 Å². The van der Waals surface area contributed by atoms with Gasteiger partial charge in [-0.3, -0.25) is 0 Å². The molecule has 0 unspecified atom stereocenters. The topological polar surface area (TPSA) is 33.0 Å². The summed E-state index contributed by atoms with van der Waals surface area (Å²) in [5.41, 5.74) is 3.86. The molecule has 0 saturated heterocycles. The maximum absolute atomic E-state index is 10.0. The van der Waals surface area contributed by atoms with Crippen LogP contribution in [0.4, 0.5) is 0 Å². The van der Waals surface area contributed by atoms with Gasteiger partial charge in [0.15, 0.2) is 0 Å². The molecule has 0 heterocycles. The summed E-state index contributed by atoms with van der Waals surface area (Å²) in [6.45, 7) is 10.0. The van der Waals surface area contributed by atoms with E-state index in [0.29, 0.717) is 5.92 Å². The van der Waals surface area contributed by atoms with Gasteiger partial charge in [0.25, 0.3) is 0 Å². The second kappa shape index (κ2) is 17.5. The molecule has 0 aliphatic heterocycles. The number of rotatable bonds is 18. The molecule has 0 aromatic heterocycles. The number of benzene rings is 2. The van der Waals surface area contributed by atoms with E-state index in [2.05, 4.69) is 82.3 Å². The zero-order chi connectivity index (χ0) is 28.6. The summed E-state index contributed by atoms with van der Waals surface area (Å²) in [7, 11) is 0. The van der Waals surface area contributed by atoms with Crippen LogP contribution in [0.15, 0.2) is 48.5 Å². The Hall–Kier alpha value is -2.27. The predicted molar refractivity (Wildman–Crippen MR) is 172 cm³/mol. The third-order valence-electron chi connectivity index (χ3n) is 9.37. The van der Waals surface area contributed by atoms with Crippen LogP contribution < -0.4 is 4.74 Å². The number of hydrogen-bond acceptors (Lipinski definition) is 2. The first-order chi connectivity index (χ1) is 19.4. The van der Waals surface area contributed by atoms with Crippen LogP contribution >= 0.6 is 0 Å². The Labute approximate surface area is 246 Å². The molecule has 0 spiro atoms. The minimum atomic E-state index is -0.0739. The molecule has 2 aromatic rings. The number of nitrogens with zero attached hydrogens (tertiary/aromatic N) is 1. The van der Waals surface area contributed by atoms with E-state index in [1.54, 1.807) is 0 Å². The average molecular weight is 544 g/mol. The van der Waals surface area contributed by atoms with Crippen molar-refractivity contribution in [2.75, 3.05) is 6.61 Å². The Morgan fingerprint density at radius 2 is 1.38 bits per heavy atom. The Morgan fingerprint density at radius 3 is 1.98 bits per heavy atom. The zero-order valence-corrected chi connectivity index (χ0v) is 26.2. The molecule has 2 nitrogen and oxygen atoms in total. The van der Waals surface area contributed by atoms with Gasteiger partial charge in [0, 0.05) is 0 Å². The maximum atomic E-state index is 10.0. The Kier molecular flexibility index (Phi) is 14.1. The summed E-state index contributed by atoms with van der Waals surface area (Å²) in [5, 5.41) is 10.0. The summed E-state index contributed by atoms with van der Waals surface area (Å²) in [4.78, 5) is 0. The van der Waals surface area contributed by atoms with E-state index >= 15 is 0 Å². The van der Waals surface area contributed by atoms with Gasteiger partial charge in [-0.15, -0.1) is 0 Å². The van der Waals surface area contributed by atoms with Gasteiger partial charge in [0.05, 0.1) is 18.1 Å². The van der Waals surface area contributed by atoms with Gasteiger partial charge in [0.2, 0.25) is 0 Å². The van der Waals surface area contributed by atoms with Gasteiger partial charge in [-0.05, 0) is 85.1 Å².